The first-order chi connectivity index (χ1) is 20.8. The number of rotatable bonds is 10. The Balaban J connectivity index is 1.34. The summed E-state index contributed by atoms with van der Waals surface area (Å²) in [5, 5.41) is 8.82. The summed E-state index contributed by atoms with van der Waals surface area (Å²) < 4.78 is 17.8. The van der Waals surface area contributed by atoms with E-state index in [1.54, 1.807) is 25.5 Å². The van der Waals surface area contributed by atoms with Crippen molar-refractivity contribution in [2.24, 2.45) is 5.10 Å². The van der Waals surface area contributed by atoms with E-state index < -0.39 is 0 Å². The molecule has 43 heavy (non-hydrogen) atoms. The minimum absolute atomic E-state index is 0.239. The van der Waals surface area contributed by atoms with Crippen LogP contribution in [0.1, 0.15) is 22.3 Å². The number of hydrazone groups is 1. The Hall–Kier alpha value is -3.64. The van der Waals surface area contributed by atoms with Crippen molar-refractivity contribution in [1.82, 2.24) is 15.0 Å². The molecular weight excluding hydrogens is 657 g/mol. The summed E-state index contributed by atoms with van der Waals surface area (Å²) >= 11 is 15.9. The maximum atomic E-state index is 6.30. The van der Waals surface area contributed by atoms with E-state index in [0.717, 1.165) is 27.9 Å². The van der Waals surface area contributed by atoms with Crippen LogP contribution in [0.2, 0.25) is 10.0 Å². The van der Waals surface area contributed by atoms with Gasteiger partial charge in [-0.25, -0.2) is 5.43 Å². The van der Waals surface area contributed by atoms with Crippen LogP contribution in [0, 0.1) is 13.8 Å². The third-order valence-electron chi connectivity index (χ3n) is 6.57. The van der Waals surface area contributed by atoms with E-state index in [4.69, 9.17) is 37.4 Å². The summed E-state index contributed by atoms with van der Waals surface area (Å²) in [5.41, 5.74) is 7.64. The van der Waals surface area contributed by atoms with Gasteiger partial charge in [-0.05, 0) is 76.8 Å². The largest absolute Gasteiger partial charge is 0.493 e. The Kier molecular flexibility index (Phi) is 10.2. The summed E-state index contributed by atoms with van der Waals surface area (Å²) in [4.78, 5) is 15.9. The van der Waals surface area contributed by atoms with Crippen molar-refractivity contribution in [2.75, 3.05) is 49.1 Å². The predicted octanol–water partition coefficient (Wildman–Crippen LogP) is 7.17. The Morgan fingerprint density at radius 1 is 1.02 bits per heavy atom. The van der Waals surface area contributed by atoms with Gasteiger partial charge in [-0.3, -0.25) is 0 Å². The fourth-order valence-electron chi connectivity index (χ4n) is 4.27. The SMILES string of the molecule is COc1cc(/C=N\Nc2nc(Nc3cc(C)ccc3C)nc(N3CCOCC3)n2)cc(Br)c1OCc1ccc(Cl)cc1Cl. The number of benzene rings is 3. The van der Waals surface area contributed by atoms with Gasteiger partial charge >= 0.3 is 0 Å². The van der Waals surface area contributed by atoms with Gasteiger partial charge in [-0.2, -0.15) is 20.1 Å². The highest BCUT2D eigenvalue weighted by atomic mass is 79.9. The molecule has 13 heteroatoms. The van der Waals surface area contributed by atoms with Crippen LogP contribution < -0.4 is 25.1 Å². The quantitative estimate of drug-likeness (QED) is 0.133. The van der Waals surface area contributed by atoms with Crippen molar-refractivity contribution in [3.8, 4) is 11.5 Å². The molecule has 1 saturated heterocycles. The number of ether oxygens (including phenoxy) is 3. The Labute approximate surface area is 268 Å². The third-order valence-corrected chi connectivity index (χ3v) is 7.75. The second-order valence-electron chi connectivity index (χ2n) is 9.75. The lowest BCUT2D eigenvalue weighted by atomic mass is 10.1. The molecule has 0 spiro atoms. The number of nitrogens with zero attached hydrogens (tertiary/aromatic N) is 5. The van der Waals surface area contributed by atoms with Crippen molar-refractivity contribution in [1.29, 1.82) is 0 Å². The lowest BCUT2D eigenvalue weighted by Crippen LogP contribution is -2.37. The molecular formula is C30H30BrCl2N7O3. The maximum Gasteiger partial charge on any atom is 0.250 e. The molecule has 0 amide bonds. The van der Waals surface area contributed by atoms with Gasteiger partial charge in [0.2, 0.25) is 17.8 Å². The van der Waals surface area contributed by atoms with Gasteiger partial charge in [-0.1, -0.05) is 41.4 Å². The predicted molar refractivity (Wildman–Crippen MR) is 175 cm³/mol. The summed E-state index contributed by atoms with van der Waals surface area (Å²) in [7, 11) is 1.57. The molecule has 4 aromatic rings. The highest BCUT2D eigenvalue weighted by Crippen LogP contribution is 2.37. The van der Waals surface area contributed by atoms with Gasteiger partial charge in [0.05, 0.1) is 31.0 Å². The van der Waals surface area contributed by atoms with Crippen LogP contribution >= 0.6 is 39.1 Å². The van der Waals surface area contributed by atoms with Crippen LogP contribution in [0.3, 0.4) is 0 Å². The van der Waals surface area contributed by atoms with E-state index in [1.807, 2.05) is 32.0 Å². The molecule has 1 aliphatic heterocycles. The molecule has 0 bridgehead atoms. The van der Waals surface area contributed by atoms with Crippen LogP contribution in [0.25, 0.3) is 0 Å². The van der Waals surface area contributed by atoms with Crippen LogP contribution in [0.5, 0.6) is 11.5 Å². The van der Waals surface area contributed by atoms with E-state index in [1.165, 1.54) is 0 Å². The van der Waals surface area contributed by atoms with Crippen molar-refractivity contribution in [2.45, 2.75) is 20.5 Å². The van der Waals surface area contributed by atoms with Crippen LogP contribution in [-0.2, 0) is 11.3 Å². The average Bonchev–Trinajstić information content (AvgIpc) is 2.99. The van der Waals surface area contributed by atoms with Gasteiger partial charge in [0.15, 0.2) is 11.5 Å². The molecule has 1 fully saturated rings. The summed E-state index contributed by atoms with van der Waals surface area (Å²) in [5.74, 6) is 2.31. The number of aryl methyl sites for hydroxylation is 2. The molecule has 0 radical (unpaired) electrons. The Morgan fingerprint density at radius 3 is 2.58 bits per heavy atom. The standard InChI is InChI=1S/C30H30BrCl2N7O3/c1-18-4-5-19(2)25(12-18)35-28-36-29(38-30(37-28)40-8-10-42-11-9-40)39-34-16-20-13-23(31)27(26(14-20)41-3)43-17-21-6-7-22(32)15-24(21)33/h4-7,12-16H,8-11,17H2,1-3H3,(H2,35,36,37,38,39)/b34-16-. The molecule has 1 aliphatic rings. The zero-order valence-electron chi connectivity index (χ0n) is 23.8. The first-order valence-electron chi connectivity index (χ1n) is 13.5. The molecule has 0 saturated carbocycles. The van der Waals surface area contributed by atoms with E-state index in [-0.39, 0.29) is 6.61 Å². The number of aromatic nitrogens is 3. The molecule has 0 unspecified atom stereocenters. The molecule has 10 nitrogen and oxygen atoms in total. The van der Waals surface area contributed by atoms with Gasteiger partial charge in [-0.15, -0.1) is 0 Å². The minimum atomic E-state index is 0.239. The fourth-order valence-corrected chi connectivity index (χ4v) is 5.31. The van der Waals surface area contributed by atoms with Gasteiger partial charge in [0.1, 0.15) is 6.61 Å². The van der Waals surface area contributed by atoms with E-state index in [9.17, 15) is 0 Å². The van der Waals surface area contributed by atoms with Gasteiger partial charge in [0, 0.05) is 34.4 Å². The average molecular weight is 687 g/mol. The van der Waals surface area contributed by atoms with Crippen LogP contribution in [-0.4, -0.2) is 54.6 Å². The Morgan fingerprint density at radius 2 is 1.81 bits per heavy atom. The molecule has 0 aliphatic carbocycles. The van der Waals surface area contributed by atoms with Crippen LogP contribution in [0.15, 0.2) is 58.1 Å². The Bertz CT molecular complexity index is 1630. The number of anilines is 4. The highest BCUT2D eigenvalue weighted by molar-refractivity contribution is 9.10. The first kappa shape index (κ1) is 30.8. The van der Waals surface area contributed by atoms with Crippen molar-refractivity contribution < 1.29 is 14.2 Å². The zero-order valence-corrected chi connectivity index (χ0v) is 26.9. The molecule has 2 heterocycles. The van der Waals surface area contributed by atoms with E-state index in [0.29, 0.717) is 70.2 Å². The number of hydrogen-bond donors (Lipinski definition) is 2. The number of nitrogens with one attached hydrogen (secondary N) is 2. The molecule has 224 valence electrons. The third kappa shape index (κ3) is 8.05. The van der Waals surface area contributed by atoms with Gasteiger partial charge in [0.25, 0.3) is 0 Å². The summed E-state index contributed by atoms with van der Waals surface area (Å²) in [6, 6.07) is 15.1. The fraction of sp³-hybridized carbons (Fsp3) is 0.267. The number of morpholine rings is 1. The minimum Gasteiger partial charge on any atom is -0.493 e. The molecule has 0 atom stereocenters. The summed E-state index contributed by atoms with van der Waals surface area (Å²) in [6.07, 6.45) is 1.64. The molecule has 5 rings (SSSR count). The lowest BCUT2D eigenvalue weighted by Gasteiger charge is -2.27. The van der Waals surface area contributed by atoms with Crippen molar-refractivity contribution in [3.05, 3.63) is 85.3 Å². The number of hydrogen-bond acceptors (Lipinski definition) is 10. The van der Waals surface area contributed by atoms with Crippen LogP contribution in [0.4, 0.5) is 23.5 Å². The smallest absolute Gasteiger partial charge is 0.250 e. The maximum absolute atomic E-state index is 6.30. The number of halogens is 3. The van der Waals surface area contributed by atoms with E-state index >= 15 is 0 Å². The normalized spacial score (nSPS) is 13.3. The summed E-state index contributed by atoms with van der Waals surface area (Å²) in [6.45, 7) is 6.89. The molecule has 3 aromatic carbocycles. The number of methoxy groups -OCH3 is 1. The lowest BCUT2D eigenvalue weighted by molar-refractivity contribution is 0.122. The second kappa shape index (κ2) is 14.2. The zero-order chi connectivity index (χ0) is 30.3. The van der Waals surface area contributed by atoms with E-state index in [2.05, 4.69) is 69.8 Å². The van der Waals surface area contributed by atoms with Crippen molar-refractivity contribution in [3.63, 3.8) is 0 Å². The first-order valence-corrected chi connectivity index (χ1v) is 15.0. The topological polar surface area (TPSA) is 106 Å². The van der Waals surface area contributed by atoms with Gasteiger partial charge < -0.3 is 24.4 Å². The monoisotopic (exact) mass is 685 g/mol. The highest BCUT2D eigenvalue weighted by Gasteiger charge is 2.17. The molecule has 2 N–H and O–H groups in total. The molecule has 1 aromatic heterocycles. The second-order valence-corrected chi connectivity index (χ2v) is 11.5. The van der Waals surface area contributed by atoms with Crippen molar-refractivity contribution >= 4 is 68.9 Å².